The van der Waals surface area contributed by atoms with Crippen molar-refractivity contribution in [3.05, 3.63) is 52.5 Å². The highest BCUT2D eigenvalue weighted by molar-refractivity contribution is 7.80. The third-order valence-electron chi connectivity index (χ3n) is 3.03. The van der Waals surface area contributed by atoms with Crippen molar-refractivity contribution < 1.29 is 13.5 Å². The fourth-order valence-electron chi connectivity index (χ4n) is 1.90. The molecule has 0 atom stereocenters. The highest BCUT2D eigenvalue weighted by Crippen LogP contribution is 2.27. The molecule has 0 heterocycles. The van der Waals surface area contributed by atoms with Gasteiger partial charge < -0.3 is 15.4 Å². The van der Waals surface area contributed by atoms with Gasteiger partial charge in [0, 0.05) is 10.7 Å². The van der Waals surface area contributed by atoms with Crippen molar-refractivity contribution in [1.29, 1.82) is 0 Å². The average molecular weight is 357 g/mol. The van der Waals surface area contributed by atoms with E-state index >= 15 is 0 Å². The fraction of sp³-hybridized carbons (Fsp3) is 0.188. The molecule has 0 fully saturated rings. The minimum atomic E-state index is -2.91. The molecule has 2 aromatic carbocycles. The molecule has 2 N–H and O–H groups in total. The molecular formula is C16H15ClF2N2OS. The number of hydrogen-bond donors (Lipinski definition) is 2. The zero-order chi connectivity index (χ0) is 17.0. The van der Waals surface area contributed by atoms with Crippen LogP contribution < -0.4 is 15.4 Å². The SMILES string of the molecule is Cc1ccc(OC(F)F)c(NC(=S)Nc2ccc(C)c(Cl)c2)c1. The van der Waals surface area contributed by atoms with Crippen molar-refractivity contribution in [2.45, 2.75) is 20.5 Å². The van der Waals surface area contributed by atoms with Gasteiger partial charge in [0.15, 0.2) is 5.11 Å². The molecule has 0 saturated heterocycles. The quantitative estimate of drug-likeness (QED) is 0.722. The van der Waals surface area contributed by atoms with E-state index in [0.29, 0.717) is 16.4 Å². The zero-order valence-corrected chi connectivity index (χ0v) is 14.1. The highest BCUT2D eigenvalue weighted by atomic mass is 35.5. The normalized spacial score (nSPS) is 10.5. The van der Waals surface area contributed by atoms with E-state index in [1.807, 2.05) is 26.0 Å². The molecule has 0 aliphatic carbocycles. The van der Waals surface area contributed by atoms with E-state index in [9.17, 15) is 8.78 Å². The predicted molar refractivity (Wildman–Crippen MR) is 93.8 cm³/mol. The van der Waals surface area contributed by atoms with Crippen LogP contribution in [0.15, 0.2) is 36.4 Å². The molecule has 0 bridgehead atoms. The molecule has 0 aliphatic heterocycles. The standard InChI is InChI=1S/C16H15ClF2N2OS/c1-9-3-6-14(22-15(18)19)13(7-9)21-16(23)20-11-5-4-10(2)12(17)8-11/h3-8,15H,1-2H3,(H2,20,21,23). The second kappa shape index (κ2) is 7.57. The van der Waals surface area contributed by atoms with Gasteiger partial charge in [0.05, 0.1) is 5.69 Å². The van der Waals surface area contributed by atoms with Crippen molar-refractivity contribution in [3.63, 3.8) is 0 Å². The lowest BCUT2D eigenvalue weighted by Gasteiger charge is -2.15. The number of benzene rings is 2. The monoisotopic (exact) mass is 356 g/mol. The lowest BCUT2D eigenvalue weighted by Crippen LogP contribution is -2.20. The Bertz CT molecular complexity index is 725. The molecule has 2 aromatic rings. The number of halogens is 3. The summed E-state index contributed by atoms with van der Waals surface area (Å²) in [6.07, 6.45) is 0. The Balaban J connectivity index is 2.13. The Labute approximate surface area is 143 Å². The number of rotatable bonds is 4. The Morgan fingerprint density at radius 2 is 1.87 bits per heavy atom. The van der Waals surface area contributed by atoms with Gasteiger partial charge >= 0.3 is 6.61 Å². The van der Waals surface area contributed by atoms with E-state index in [1.165, 1.54) is 6.07 Å². The lowest BCUT2D eigenvalue weighted by atomic mass is 10.2. The highest BCUT2D eigenvalue weighted by Gasteiger charge is 2.11. The number of ether oxygens (including phenoxy) is 1. The van der Waals surface area contributed by atoms with Gasteiger partial charge in [-0.15, -0.1) is 0 Å². The molecule has 0 spiro atoms. The first-order chi connectivity index (χ1) is 10.8. The number of thiocarbonyl (C=S) groups is 1. The second-order valence-corrected chi connectivity index (χ2v) is 5.74. The van der Waals surface area contributed by atoms with Gasteiger partial charge in [-0.1, -0.05) is 23.7 Å². The Morgan fingerprint density at radius 1 is 1.13 bits per heavy atom. The summed E-state index contributed by atoms with van der Waals surface area (Å²) in [5.74, 6) is 0.0247. The van der Waals surface area contributed by atoms with E-state index in [-0.39, 0.29) is 10.9 Å². The third-order valence-corrected chi connectivity index (χ3v) is 3.64. The smallest absolute Gasteiger partial charge is 0.387 e. The van der Waals surface area contributed by atoms with E-state index in [2.05, 4.69) is 15.4 Å². The molecular weight excluding hydrogens is 342 g/mol. The van der Waals surface area contributed by atoms with Crippen molar-refractivity contribution in [1.82, 2.24) is 0 Å². The summed E-state index contributed by atoms with van der Waals surface area (Å²) in [6.45, 7) is 0.826. The van der Waals surface area contributed by atoms with Crippen molar-refractivity contribution in [3.8, 4) is 5.75 Å². The van der Waals surface area contributed by atoms with Crippen molar-refractivity contribution in [2.75, 3.05) is 10.6 Å². The van der Waals surface area contributed by atoms with Crippen LogP contribution in [0, 0.1) is 13.8 Å². The van der Waals surface area contributed by atoms with Gasteiger partial charge in [0.25, 0.3) is 0 Å². The van der Waals surface area contributed by atoms with Crippen LogP contribution in [0.1, 0.15) is 11.1 Å². The van der Waals surface area contributed by atoms with Gasteiger partial charge in [-0.3, -0.25) is 0 Å². The number of aryl methyl sites for hydroxylation is 2. The number of hydrogen-bond acceptors (Lipinski definition) is 2. The van der Waals surface area contributed by atoms with Crippen LogP contribution in [0.25, 0.3) is 0 Å². The first-order valence-corrected chi connectivity index (χ1v) is 7.53. The minimum absolute atomic E-state index is 0.0247. The van der Waals surface area contributed by atoms with Gasteiger partial charge in [-0.2, -0.15) is 8.78 Å². The number of anilines is 2. The van der Waals surface area contributed by atoms with E-state index in [0.717, 1.165) is 11.1 Å². The molecule has 0 aliphatic rings. The summed E-state index contributed by atoms with van der Waals surface area (Å²) in [7, 11) is 0. The first kappa shape index (κ1) is 17.4. The van der Waals surface area contributed by atoms with Crippen LogP contribution in [-0.2, 0) is 0 Å². The summed E-state index contributed by atoms with van der Waals surface area (Å²) in [6, 6.07) is 10.2. The fourth-order valence-corrected chi connectivity index (χ4v) is 2.30. The lowest BCUT2D eigenvalue weighted by molar-refractivity contribution is -0.0493. The molecule has 122 valence electrons. The topological polar surface area (TPSA) is 33.3 Å². The Kier molecular flexibility index (Phi) is 5.74. The predicted octanol–water partition coefficient (Wildman–Crippen LogP) is 5.37. The first-order valence-electron chi connectivity index (χ1n) is 6.75. The maximum absolute atomic E-state index is 12.5. The van der Waals surface area contributed by atoms with Crippen molar-refractivity contribution >= 4 is 40.3 Å². The molecule has 23 heavy (non-hydrogen) atoms. The number of nitrogens with one attached hydrogen (secondary N) is 2. The number of alkyl halides is 2. The van der Waals surface area contributed by atoms with Gasteiger partial charge in [-0.05, 0) is 61.5 Å². The second-order valence-electron chi connectivity index (χ2n) is 4.92. The van der Waals surface area contributed by atoms with Gasteiger partial charge in [0.1, 0.15) is 5.75 Å². The third kappa shape index (κ3) is 5.04. The molecule has 2 rings (SSSR count). The minimum Gasteiger partial charge on any atom is -0.433 e. The average Bonchev–Trinajstić information content (AvgIpc) is 2.45. The zero-order valence-electron chi connectivity index (χ0n) is 12.5. The maximum atomic E-state index is 12.5. The molecule has 0 unspecified atom stereocenters. The van der Waals surface area contributed by atoms with Crippen LogP contribution in [0.3, 0.4) is 0 Å². The molecule has 0 radical (unpaired) electrons. The van der Waals surface area contributed by atoms with Crippen LogP contribution in [0.5, 0.6) is 5.75 Å². The Morgan fingerprint density at radius 3 is 2.52 bits per heavy atom. The summed E-state index contributed by atoms with van der Waals surface area (Å²) in [5.41, 5.74) is 2.89. The van der Waals surface area contributed by atoms with E-state index in [4.69, 9.17) is 23.8 Å². The summed E-state index contributed by atoms with van der Waals surface area (Å²) >= 11 is 11.3. The van der Waals surface area contributed by atoms with Crippen LogP contribution >= 0.6 is 23.8 Å². The van der Waals surface area contributed by atoms with Gasteiger partial charge in [0.2, 0.25) is 0 Å². The Hall–Kier alpha value is -1.92. The molecule has 0 amide bonds. The summed E-state index contributed by atoms with van der Waals surface area (Å²) in [5, 5.41) is 6.66. The van der Waals surface area contributed by atoms with Crippen LogP contribution in [0.4, 0.5) is 20.2 Å². The maximum Gasteiger partial charge on any atom is 0.387 e. The molecule has 7 heteroatoms. The summed E-state index contributed by atoms with van der Waals surface area (Å²) in [4.78, 5) is 0. The molecule has 3 nitrogen and oxygen atoms in total. The van der Waals surface area contributed by atoms with Crippen LogP contribution in [-0.4, -0.2) is 11.7 Å². The van der Waals surface area contributed by atoms with Gasteiger partial charge in [-0.25, -0.2) is 0 Å². The van der Waals surface area contributed by atoms with E-state index < -0.39 is 6.61 Å². The largest absolute Gasteiger partial charge is 0.433 e. The van der Waals surface area contributed by atoms with Crippen LogP contribution in [0.2, 0.25) is 5.02 Å². The summed E-state index contributed by atoms with van der Waals surface area (Å²) < 4.78 is 29.4. The molecule has 0 aromatic heterocycles. The molecule has 0 saturated carbocycles. The van der Waals surface area contributed by atoms with Crippen molar-refractivity contribution in [2.24, 2.45) is 0 Å². The van der Waals surface area contributed by atoms with E-state index in [1.54, 1.807) is 18.2 Å².